The number of oxime groups is 1. The van der Waals surface area contributed by atoms with Crippen molar-refractivity contribution >= 4 is 16.7 Å². The van der Waals surface area contributed by atoms with E-state index in [1.54, 1.807) is 6.07 Å². The third kappa shape index (κ3) is 3.82. The van der Waals surface area contributed by atoms with Crippen molar-refractivity contribution in [2.24, 2.45) is 10.9 Å². The number of hydrogen-bond acceptors (Lipinski definition) is 5. The van der Waals surface area contributed by atoms with E-state index in [9.17, 15) is 0 Å². The minimum absolute atomic E-state index is 0.0342. The smallest absolute Gasteiger partial charge is 0.225 e. The van der Waals surface area contributed by atoms with E-state index >= 15 is 0 Å². The summed E-state index contributed by atoms with van der Waals surface area (Å²) in [6.45, 7) is 4.70. The molecule has 0 radical (unpaired) electrons. The van der Waals surface area contributed by atoms with Crippen LogP contribution in [-0.2, 0) is 4.74 Å². The van der Waals surface area contributed by atoms with Crippen LogP contribution in [-0.4, -0.2) is 35.3 Å². The lowest BCUT2D eigenvalue weighted by molar-refractivity contribution is 0.0543. The molecule has 0 unspecified atom stereocenters. The molecule has 0 aliphatic carbocycles. The lowest BCUT2D eigenvalue weighted by Gasteiger charge is -2.12. The minimum Gasteiger partial charge on any atom is -0.475 e. The normalized spacial score (nSPS) is 12.0. The standard InChI is InChI=1S/C15H19N3O3/c1-10(2)20-7-8-21-15-12(14(16)18-19)9-11-5-3-4-6-13(11)17-15/h3-6,9-10,19H,7-8H2,1-2H3,(H2,16,18). The van der Waals surface area contributed by atoms with Crippen LogP contribution in [0.1, 0.15) is 19.4 Å². The predicted molar refractivity (Wildman–Crippen MR) is 80.8 cm³/mol. The van der Waals surface area contributed by atoms with E-state index in [-0.39, 0.29) is 11.9 Å². The Morgan fingerprint density at radius 3 is 2.81 bits per heavy atom. The summed E-state index contributed by atoms with van der Waals surface area (Å²) >= 11 is 0. The summed E-state index contributed by atoms with van der Waals surface area (Å²) in [4.78, 5) is 4.41. The second-order valence-corrected chi connectivity index (χ2v) is 4.79. The average molecular weight is 289 g/mol. The molecule has 2 rings (SSSR count). The molecule has 1 aromatic carbocycles. The van der Waals surface area contributed by atoms with Gasteiger partial charge in [0.2, 0.25) is 5.88 Å². The topological polar surface area (TPSA) is 90.0 Å². The van der Waals surface area contributed by atoms with Crippen molar-refractivity contribution in [3.8, 4) is 5.88 Å². The molecule has 3 N–H and O–H groups in total. The van der Waals surface area contributed by atoms with Crippen LogP contribution in [0.2, 0.25) is 0 Å². The number of hydrogen-bond donors (Lipinski definition) is 2. The molecule has 0 fully saturated rings. The molecule has 1 heterocycles. The molecule has 0 amide bonds. The molecule has 2 aromatic rings. The molecule has 6 nitrogen and oxygen atoms in total. The van der Waals surface area contributed by atoms with Gasteiger partial charge in [0.05, 0.1) is 23.8 Å². The van der Waals surface area contributed by atoms with Crippen LogP contribution in [0.15, 0.2) is 35.5 Å². The summed E-state index contributed by atoms with van der Waals surface area (Å²) in [6, 6.07) is 9.36. The average Bonchev–Trinajstić information content (AvgIpc) is 2.49. The van der Waals surface area contributed by atoms with Crippen LogP contribution < -0.4 is 10.5 Å². The van der Waals surface area contributed by atoms with Crippen LogP contribution >= 0.6 is 0 Å². The molecule has 0 saturated heterocycles. The molecular weight excluding hydrogens is 270 g/mol. The summed E-state index contributed by atoms with van der Waals surface area (Å²) in [5.74, 6) is 0.296. The van der Waals surface area contributed by atoms with Gasteiger partial charge in [0.15, 0.2) is 5.84 Å². The fourth-order valence-corrected chi connectivity index (χ4v) is 1.87. The Hall–Kier alpha value is -2.34. The number of nitrogens with zero attached hydrogens (tertiary/aromatic N) is 2. The Balaban J connectivity index is 2.26. The second kappa shape index (κ2) is 6.90. The first-order valence-corrected chi connectivity index (χ1v) is 6.74. The number of para-hydroxylation sites is 1. The molecule has 0 aliphatic heterocycles. The zero-order chi connectivity index (χ0) is 15.2. The number of ether oxygens (including phenoxy) is 2. The van der Waals surface area contributed by atoms with E-state index in [1.807, 2.05) is 38.1 Å². The van der Waals surface area contributed by atoms with E-state index in [0.717, 1.165) is 10.9 Å². The highest BCUT2D eigenvalue weighted by Gasteiger charge is 2.12. The molecule has 0 saturated carbocycles. The SMILES string of the molecule is CC(C)OCCOc1nc2ccccc2cc1C(N)=NO. The van der Waals surface area contributed by atoms with Gasteiger partial charge >= 0.3 is 0 Å². The van der Waals surface area contributed by atoms with Crippen molar-refractivity contribution in [3.63, 3.8) is 0 Å². The Morgan fingerprint density at radius 1 is 1.33 bits per heavy atom. The van der Waals surface area contributed by atoms with Crippen molar-refractivity contribution in [2.75, 3.05) is 13.2 Å². The van der Waals surface area contributed by atoms with Crippen molar-refractivity contribution < 1.29 is 14.7 Å². The van der Waals surface area contributed by atoms with E-state index in [0.29, 0.717) is 24.7 Å². The van der Waals surface area contributed by atoms with Gasteiger partial charge in [0, 0.05) is 5.39 Å². The van der Waals surface area contributed by atoms with Crippen molar-refractivity contribution in [2.45, 2.75) is 20.0 Å². The van der Waals surface area contributed by atoms with Gasteiger partial charge < -0.3 is 20.4 Å². The van der Waals surface area contributed by atoms with Gasteiger partial charge in [-0.1, -0.05) is 23.4 Å². The largest absolute Gasteiger partial charge is 0.475 e. The fourth-order valence-electron chi connectivity index (χ4n) is 1.87. The molecule has 1 aromatic heterocycles. The Kier molecular flexibility index (Phi) is 4.94. The highest BCUT2D eigenvalue weighted by atomic mass is 16.5. The maximum atomic E-state index is 8.88. The highest BCUT2D eigenvalue weighted by Crippen LogP contribution is 2.22. The highest BCUT2D eigenvalue weighted by molar-refractivity contribution is 6.02. The summed E-state index contributed by atoms with van der Waals surface area (Å²) in [6.07, 6.45) is 0.140. The van der Waals surface area contributed by atoms with E-state index in [4.69, 9.17) is 20.4 Å². The summed E-state index contributed by atoms with van der Waals surface area (Å²) in [7, 11) is 0. The fraction of sp³-hybridized carbons (Fsp3) is 0.333. The monoisotopic (exact) mass is 289 g/mol. The Bertz CT molecular complexity index is 641. The van der Waals surface area contributed by atoms with Gasteiger partial charge in [-0.2, -0.15) is 0 Å². The zero-order valence-electron chi connectivity index (χ0n) is 12.1. The number of nitrogens with two attached hydrogens (primary N) is 1. The molecule has 0 spiro atoms. The maximum Gasteiger partial charge on any atom is 0.225 e. The molecule has 0 aliphatic rings. The van der Waals surface area contributed by atoms with Gasteiger partial charge in [-0.25, -0.2) is 4.98 Å². The van der Waals surface area contributed by atoms with Crippen molar-refractivity contribution in [3.05, 3.63) is 35.9 Å². The summed E-state index contributed by atoms with van der Waals surface area (Å²) in [5, 5.41) is 12.8. The molecule has 112 valence electrons. The first-order valence-electron chi connectivity index (χ1n) is 6.74. The van der Waals surface area contributed by atoms with Crippen LogP contribution in [0.5, 0.6) is 5.88 Å². The first kappa shape index (κ1) is 15.1. The van der Waals surface area contributed by atoms with Crippen LogP contribution in [0, 0.1) is 0 Å². The lowest BCUT2D eigenvalue weighted by atomic mass is 10.1. The lowest BCUT2D eigenvalue weighted by Crippen LogP contribution is -2.18. The van der Waals surface area contributed by atoms with Gasteiger partial charge in [0.25, 0.3) is 0 Å². The van der Waals surface area contributed by atoms with E-state index in [2.05, 4.69) is 10.1 Å². The molecular formula is C15H19N3O3. The van der Waals surface area contributed by atoms with Gasteiger partial charge in [-0.15, -0.1) is 0 Å². The number of fused-ring (bicyclic) bond motifs is 1. The molecule has 21 heavy (non-hydrogen) atoms. The number of amidine groups is 1. The first-order chi connectivity index (χ1) is 10.1. The van der Waals surface area contributed by atoms with Gasteiger partial charge in [-0.05, 0) is 26.0 Å². The van der Waals surface area contributed by atoms with Crippen molar-refractivity contribution in [1.82, 2.24) is 4.98 Å². The second-order valence-electron chi connectivity index (χ2n) is 4.79. The van der Waals surface area contributed by atoms with Crippen LogP contribution in [0.3, 0.4) is 0 Å². The van der Waals surface area contributed by atoms with E-state index in [1.165, 1.54) is 0 Å². The Labute approximate surface area is 123 Å². The number of rotatable bonds is 6. The van der Waals surface area contributed by atoms with Crippen molar-refractivity contribution in [1.29, 1.82) is 0 Å². The van der Waals surface area contributed by atoms with E-state index < -0.39 is 0 Å². The third-order valence-electron chi connectivity index (χ3n) is 2.85. The van der Waals surface area contributed by atoms with Crippen LogP contribution in [0.25, 0.3) is 10.9 Å². The van der Waals surface area contributed by atoms with Crippen LogP contribution in [0.4, 0.5) is 0 Å². The minimum atomic E-state index is -0.0342. The maximum absolute atomic E-state index is 8.88. The summed E-state index contributed by atoms with van der Waals surface area (Å²) < 4.78 is 11.0. The predicted octanol–water partition coefficient (Wildman–Crippen LogP) is 2.13. The summed E-state index contributed by atoms with van der Waals surface area (Å²) in [5.41, 5.74) is 6.93. The van der Waals surface area contributed by atoms with Gasteiger partial charge in [-0.3, -0.25) is 0 Å². The molecule has 0 bridgehead atoms. The van der Waals surface area contributed by atoms with Gasteiger partial charge in [0.1, 0.15) is 6.61 Å². The zero-order valence-corrected chi connectivity index (χ0v) is 12.1. The third-order valence-corrected chi connectivity index (χ3v) is 2.85. The quantitative estimate of drug-likeness (QED) is 0.279. The molecule has 6 heteroatoms. The number of pyridine rings is 1. The number of benzene rings is 1. The Morgan fingerprint density at radius 2 is 2.10 bits per heavy atom. The number of aromatic nitrogens is 1. The molecule has 0 atom stereocenters.